The fourth-order valence-electron chi connectivity index (χ4n) is 4.94. The summed E-state index contributed by atoms with van der Waals surface area (Å²) in [6, 6.07) is 8.09. The van der Waals surface area contributed by atoms with Crippen LogP contribution in [0, 0.1) is 0 Å². The summed E-state index contributed by atoms with van der Waals surface area (Å²) in [6.45, 7) is 4.66. The standard InChI is InChI=1S/C24H26N6O3S/c1-15(31)29-7-5-24(32,6-8-29)22-11-19-21(34-22)13-25-23(27-19)30-9-10-33-20(14-30)16-3-2-4-18-17(16)12-26-28-18/h2-4,11-13,20,32H,5-10,14H2,1H3,(H,26,28). The van der Waals surface area contributed by atoms with Gasteiger partial charge in [-0.05, 0) is 30.5 Å². The highest BCUT2D eigenvalue weighted by Gasteiger charge is 2.36. The third kappa shape index (κ3) is 3.71. The number of hydrogen-bond donors (Lipinski definition) is 2. The molecule has 0 aliphatic carbocycles. The van der Waals surface area contributed by atoms with Gasteiger partial charge in [-0.2, -0.15) is 5.10 Å². The SMILES string of the molecule is CC(=O)N1CCC(O)(c2cc3nc(N4CCOC(c5cccc6[nH]ncc56)C4)ncc3s2)CC1. The third-order valence-corrected chi connectivity index (χ3v) is 8.22. The number of H-pyrrole nitrogens is 1. The lowest BCUT2D eigenvalue weighted by atomic mass is 9.90. The lowest BCUT2D eigenvalue weighted by Gasteiger charge is -2.37. The number of carbonyl (C=O) groups is 1. The molecular formula is C24H26N6O3S. The molecule has 2 saturated heterocycles. The van der Waals surface area contributed by atoms with Gasteiger partial charge in [0.25, 0.3) is 0 Å². The molecule has 2 aliphatic rings. The molecule has 34 heavy (non-hydrogen) atoms. The zero-order chi connectivity index (χ0) is 23.3. The quantitative estimate of drug-likeness (QED) is 0.466. The Bertz CT molecular complexity index is 1360. The van der Waals surface area contributed by atoms with Crippen LogP contribution in [0.5, 0.6) is 0 Å². The number of ether oxygens (including phenoxy) is 1. The Hall–Kier alpha value is -3.08. The van der Waals surface area contributed by atoms with E-state index in [0.717, 1.165) is 31.6 Å². The number of aromatic amines is 1. The van der Waals surface area contributed by atoms with Crippen LogP contribution in [0.3, 0.4) is 0 Å². The van der Waals surface area contributed by atoms with Crippen molar-refractivity contribution in [1.82, 2.24) is 25.1 Å². The van der Waals surface area contributed by atoms with Gasteiger partial charge in [0.2, 0.25) is 11.9 Å². The summed E-state index contributed by atoms with van der Waals surface area (Å²) >= 11 is 1.54. The molecular weight excluding hydrogens is 452 g/mol. The van der Waals surface area contributed by atoms with Gasteiger partial charge in [0.1, 0.15) is 11.7 Å². The number of thiophene rings is 1. The zero-order valence-electron chi connectivity index (χ0n) is 18.9. The fraction of sp³-hybridized carbons (Fsp3) is 0.417. The van der Waals surface area contributed by atoms with Crippen LogP contribution in [0.15, 0.2) is 36.7 Å². The van der Waals surface area contributed by atoms with Gasteiger partial charge >= 0.3 is 0 Å². The number of nitrogens with one attached hydrogen (secondary N) is 1. The maximum atomic E-state index is 11.6. The molecule has 2 aliphatic heterocycles. The van der Waals surface area contributed by atoms with E-state index in [2.05, 4.69) is 26.1 Å². The van der Waals surface area contributed by atoms with Crippen molar-refractivity contribution in [3.8, 4) is 0 Å². The fourth-order valence-corrected chi connectivity index (χ4v) is 6.05. The second-order valence-electron chi connectivity index (χ2n) is 9.05. The van der Waals surface area contributed by atoms with Gasteiger partial charge in [-0.1, -0.05) is 12.1 Å². The van der Waals surface area contributed by atoms with Crippen LogP contribution in [-0.2, 0) is 15.1 Å². The Labute approximate surface area is 200 Å². The topological polar surface area (TPSA) is 107 Å². The van der Waals surface area contributed by atoms with Crippen molar-refractivity contribution in [3.63, 3.8) is 0 Å². The average molecular weight is 479 g/mol. The monoisotopic (exact) mass is 478 g/mol. The summed E-state index contributed by atoms with van der Waals surface area (Å²) in [6.07, 6.45) is 4.66. The minimum Gasteiger partial charge on any atom is -0.384 e. The van der Waals surface area contributed by atoms with Gasteiger partial charge in [-0.15, -0.1) is 11.3 Å². The van der Waals surface area contributed by atoms with Crippen LogP contribution in [0.2, 0.25) is 0 Å². The van der Waals surface area contributed by atoms with Gasteiger partial charge < -0.3 is 19.6 Å². The van der Waals surface area contributed by atoms with E-state index in [1.54, 1.807) is 11.8 Å². The minimum atomic E-state index is -0.926. The van der Waals surface area contributed by atoms with Crippen LogP contribution < -0.4 is 4.90 Å². The molecule has 1 atom stereocenters. The normalized spacial score (nSPS) is 20.8. The molecule has 6 rings (SSSR count). The van der Waals surface area contributed by atoms with Crippen molar-refractivity contribution in [2.24, 2.45) is 0 Å². The van der Waals surface area contributed by atoms with Crippen molar-refractivity contribution in [1.29, 1.82) is 0 Å². The number of rotatable bonds is 3. The highest BCUT2D eigenvalue weighted by molar-refractivity contribution is 7.19. The van der Waals surface area contributed by atoms with Crippen LogP contribution in [0.25, 0.3) is 21.1 Å². The molecule has 1 aromatic carbocycles. The Morgan fingerprint density at radius 2 is 2.12 bits per heavy atom. The summed E-state index contributed by atoms with van der Waals surface area (Å²) in [5, 5.41) is 19.5. The smallest absolute Gasteiger partial charge is 0.226 e. The number of aliphatic hydroxyl groups is 1. The Balaban J connectivity index is 1.24. The van der Waals surface area contributed by atoms with E-state index in [1.165, 1.54) is 11.3 Å². The molecule has 4 aromatic rings. The first-order valence-corrected chi connectivity index (χ1v) is 12.4. The van der Waals surface area contributed by atoms with Gasteiger partial charge in [0.15, 0.2) is 0 Å². The number of benzene rings is 1. The van der Waals surface area contributed by atoms with Crippen LogP contribution >= 0.6 is 11.3 Å². The van der Waals surface area contributed by atoms with Crippen molar-refractivity contribution in [3.05, 3.63) is 47.1 Å². The van der Waals surface area contributed by atoms with Gasteiger partial charge in [-0.25, -0.2) is 9.97 Å². The number of fused-ring (bicyclic) bond motifs is 2. The van der Waals surface area contributed by atoms with E-state index in [1.807, 2.05) is 30.6 Å². The van der Waals surface area contributed by atoms with E-state index in [-0.39, 0.29) is 12.0 Å². The number of aromatic nitrogens is 4. The maximum Gasteiger partial charge on any atom is 0.226 e. The van der Waals surface area contributed by atoms with Gasteiger partial charge in [-0.3, -0.25) is 9.89 Å². The van der Waals surface area contributed by atoms with Crippen molar-refractivity contribution >= 4 is 44.3 Å². The largest absolute Gasteiger partial charge is 0.384 e. The lowest BCUT2D eigenvalue weighted by Crippen LogP contribution is -2.44. The number of hydrogen-bond acceptors (Lipinski definition) is 8. The Morgan fingerprint density at radius 3 is 2.94 bits per heavy atom. The predicted octanol–water partition coefficient (Wildman–Crippen LogP) is 2.98. The summed E-state index contributed by atoms with van der Waals surface area (Å²) < 4.78 is 7.06. The van der Waals surface area contributed by atoms with E-state index in [4.69, 9.17) is 9.72 Å². The zero-order valence-corrected chi connectivity index (χ0v) is 19.7. The number of piperidine rings is 1. The maximum absolute atomic E-state index is 11.6. The van der Waals surface area contributed by atoms with E-state index >= 15 is 0 Å². The molecule has 0 saturated carbocycles. The molecule has 2 fully saturated rings. The molecule has 0 spiro atoms. The summed E-state index contributed by atoms with van der Waals surface area (Å²) in [7, 11) is 0. The molecule has 3 aromatic heterocycles. The van der Waals surface area contributed by atoms with Crippen molar-refractivity contribution < 1.29 is 14.6 Å². The van der Waals surface area contributed by atoms with Crippen molar-refractivity contribution in [2.75, 3.05) is 37.7 Å². The first kappa shape index (κ1) is 21.5. The first-order chi connectivity index (χ1) is 16.5. The highest BCUT2D eigenvalue weighted by Crippen LogP contribution is 2.39. The molecule has 1 unspecified atom stereocenters. The van der Waals surface area contributed by atoms with E-state index < -0.39 is 5.60 Å². The number of carbonyl (C=O) groups excluding carboxylic acids is 1. The van der Waals surface area contributed by atoms with Gasteiger partial charge in [0, 0.05) is 36.8 Å². The molecule has 176 valence electrons. The number of anilines is 1. The number of morpholine rings is 1. The molecule has 5 heterocycles. The number of nitrogens with zero attached hydrogens (tertiary/aromatic N) is 5. The van der Waals surface area contributed by atoms with Gasteiger partial charge in [0.05, 0.1) is 41.3 Å². The molecule has 1 amide bonds. The summed E-state index contributed by atoms with van der Waals surface area (Å²) in [5.41, 5.74) is 2.01. The highest BCUT2D eigenvalue weighted by atomic mass is 32.1. The summed E-state index contributed by atoms with van der Waals surface area (Å²) in [5.74, 6) is 0.727. The summed E-state index contributed by atoms with van der Waals surface area (Å²) in [4.78, 5) is 26.0. The second-order valence-corrected chi connectivity index (χ2v) is 10.1. The van der Waals surface area contributed by atoms with Crippen LogP contribution in [0.1, 0.15) is 36.3 Å². The third-order valence-electron chi connectivity index (χ3n) is 6.97. The first-order valence-electron chi connectivity index (χ1n) is 11.5. The Morgan fingerprint density at radius 1 is 1.26 bits per heavy atom. The van der Waals surface area contributed by atoms with Crippen molar-refractivity contribution in [2.45, 2.75) is 31.5 Å². The molecule has 0 radical (unpaired) electrons. The van der Waals surface area contributed by atoms with Crippen LogP contribution in [0.4, 0.5) is 5.95 Å². The Kier molecular flexibility index (Phi) is 5.23. The predicted molar refractivity (Wildman–Crippen MR) is 130 cm³/mol. The molecule has 0 bridgehead atoms. The van der Waals surface area contributed by atoms with E-state index in [0.29, 0.717) is 51.6 Å². The minimum absolute atomic E-state index is 0.0571. The molecule has 9 nitrogen and oxygen atoms in total. The van der Waals surface area contributed by atoms with Crippen LogP contribution in [-0.4, -0.2) is 68.9 Å². The lowest BCUT2D eigenvalue weighted by molar-refractivity contribution is -0.133. The average Bonchev–Trinajstić information content (AvgIpc) is 3.51. The number of likely N-dealkylation sites (tertiary alicyclic amines) is 1. The molecule has 10 heteroatoms. The van der Waals surface area contributed by atoms with E-state index in [9.17, 15) is 9.90 Å². The number of amides is 1. The second kappa shape index (κ2) is 8.30. The molecule has 2 N–H and O–H groups in total.